The largest absolute Gasteiger partial charge is 0.493 e. The summed E-state index contributed by atoms with van der Waals surface area (Å²) in [5.41, 5.74) is 1.18. The molecule has 1 saturated heterocycles. The molecule has 1 atom stereocenters. The molecule has 0 bridgehead atoms. The van der Waals surface area contributed by atoms with Gasteiger partial charge in [-0.1, -0.05) is 6.07 Å². The number of methoxy groups -OCH3 is 1. The highest BCUT2D eigenvalue weighted by atomic mass is 32.2. The van der Waals surface area contributed by atoms with Gasteiger partial charge in [-0.05, 0) is 49.4 Å². The number of ether oxygens (including phenoxy) is 2. The number of nitrogens with zero attached hydrogens (tertiary/aromatic N) is 1. The maximum atomic E-state index is 11.4. The molecule has 0 radical (unpaired) electrons. The number of rotatable bonds is 7. The third kappa shape index (κ3) is 4.85. The minimum absolute atomic E-state index is 0.255. The predicted molar refractivity (Wildman–Crippen MR) is 89.7 cm³/mol. The van der Waals surface area contributed by atoms with E-state index in [1.54, 1.807) is 7.11 Å². The highest BCUT2D eigenvalue weighted by Crippen LogP contribution is 2.34. The summed E-state index contributed by atoms with van der Waals surface area (Å²) >= 11 is 0. The van der Waals surface area contributed by atoms with Gasteiger partial charge >= 0.3 is 0 Å². The second-order valence-corrected chi connectivity index (χ2v) is 8.97. The van der Waals surface area contributed by atoms with Gasteiger partial charge in [-0.2, -0.15) is 0 Å². The first kappa shape index (κ1) is 16.6. The van der Waals surface area contributed by atoms with Crippen LogP contribution in [-0.2, 0) is 16.4 Å². The van der Waals surface area contributed by atoms with Crippen LogP contribution in [0.4, 0.5) is 0 Å². The van der Waals surface area contributed by atoms with Crippen molar-refractivity contribution in [1.29, 1.82) is 0 Å². The molecule has 1 unspecified atom stereocenters. The average molecular weight is 339 g/mol. The standard InChI is InChI=1S/C17H25NO4S/c1-21-16-6-3-13(9-17(16)22-15-4-5-15)10-18-8-7-14(11-18)12-23(2,19)20/h3,6,9,14-15H,4-5,7-8,10-12H2,1-2H3. The van der Waals surface area contributed by atoms with Gasteiger partial charge in [0.2, 0.25) is 0 Å². The predicted octanol–water partition coefficient (Wildman–Crippen LogP) is 2.10. The van der Waals surface area contributed by atoms with E-state index >= 15 is 0 Å². The van der Waals surface area contributed by atoms with E-state index in [-0.39, 0.29) is 5.92 Å². The summed E-state index contributed by atoms with van der Waals surface area (Å²) in [6.45, 7) is 2.62. The van der Waals surface area contributed by atoms with Gasteiger partial charge in [0.25, 0.3) is 0 Å². The lowest BCUT2D eigenvalue weighted by Crippen LogP contribution is -2.22. The monoisotopic (exact) mass is 339 g/mol. The first-order valence-electron chi connectivity index (χ1n) is 8.16. The van der Waals surface area contributed by atoms with Crippen LogP contribution in [0.15, 0.2) is 18.2 Å². The van der Waals surface area contributed by atoms with Crippen LogP contribution in [0.3, 0.4) is 0 Å². The topological polar surface area (TPSA) is 55.8 Å². The molecule has 1 aliphatic heterocycles. The van der Waals surface area contributed by atoms with Crippen molar-refractivity contribution in [3.05, 3.63) is 23.8 Å². The van der Waals surface area contributed by atoms with E-state index in [4.69, 9.17) is 9.47 Å². The number of benzene rings is 1. The summed E-state index contributed by atoms with van der Waals surface area (Å²) in [4.78, 5) is 2.32. The fraction of sp³-hybridized carbons (Fsp3) is 0.647. The van der Waals surface area contributed by atoms with E-state index in [1.807, 2.05) is 6.07 Å². The smallest absolute Gasteiger partial charge is 0.161 e. The van der Waals surface area contributed by atoms with Gasteiger partial charge in [-0.25, -0.2) is 8.42 Å². The van der Waals surface area contributed by atoms with Gasteiger partial charge < -0.3 is 9.47 Å². The number of likely N-dealkylation sites (tertiary alicyclic amines) is 1. The summed E-state index contributed by atoms with van der Waals surface area (Å²) in [5.74, 6) is 2.14. The van der Waals surface area contributed by atoms with Crippen molar-refractivity contribution in [3.63, 3.8) is 0 Å². The Morgan fingerprint density at radius 2 is 2.00 bits per heavy atom. The summed E-state index contributed by atoms with van der Waals surface area (Å²) in [6.07, 6.45) is 4.85. The molecule has 1 heterocycles. The summed E-state index contributed by atoms with van der Waals surface area (Å²) in [6, 6.07) is 6.07. The fourth-order valence-electron chi connectivity index (χ4n) is 3.16. The second-order valence-electron chi connectivity index (χ2n) is 6.78. The molecule has 0 amide bonds. The number of hydrogen-bond acceptors (Lipinski definition) is 5. The van der Waals surface area contributed by atoms with Crippen molar-refractivity contribution in [3.8, 4) is 11.5 Å². The molecule has 2 fully saturated rings. The van der Waals surface area contributed by atoms with Crippen LogP contribution in [-0.4, -0.2) is 51.6 Å². The Kier molecular flexibility index (Phi) is 4.82. The van der Waals surface area contributed by atoms with Crippen LogP contribution in [0.5, 0.6) is 11.5 Å². The van der Waals surface area contributed by atoms with Gasteiger partial charge in [0.15, 0.2) is 11.5 Å². The van der Waals surface area contributed by atoms with E-state index in [9.17, 15) is 8.42 Å². The maximum Gasteiger partial charge on any atom is 0.161 e. The first-order valence-corrected chi connectivity index (χ1v) is 10.2. The first-order chi connectivity index (χ1) is 10.9. The molecule has 1 saturated carbocycles. The van der Waals surface area contributed by atoms with Gasteiger partial charge in [-0.15, -0.1) is 0 Å². The van der Waals surface area contributed by atoms with Crippen molar-refractivity contribution in [2.45, 2.75) is 31.9 Å². The van der Waals surface area contributed by atoms with Crippen LogP contribution in [0.25, 0.3) is 0 Å². The second kappa shape index (κ2) is 6.69. The molecule has 128 valence electrons. The van der Waals surface area contributed by atoms with Crippen LogP contribution >= 0.6 is 0 Å². The Morgan fingerprint density at radius 3 is 2.65 bits per heavy atom. The molecule has 1 aliphatic carbocycles. The molecule has 1 aromatic carbocycles. The zero-order valence-corrected chi connectivity index (χ0v) is 14.6. The van der Waals surface area contributed by atoms with Gasteiger partial charge in [0.1, 0.15) is 9.84 Å². The Hall–Kier alpha value is -1.27. The van der Waals surface area contributed by atoms with Crippen molar-refractivity contribution >= 4 is 9.84 Å². The van der Waals surface area contributed by atoms with E-state index < -0.39 is 9.84 Å². The van der Waals surface area contributed by atoms with Crippen molar-refractivity contribution in [1.82, 2.24) is 4.90 Å². The molecular formula is C17H25NO4S. The Bertz CT molecular complexity index is 655. The van der Waals surface area contributed by atoms with E-state index in [1.165, 1.54) is 11.8 Å². The van der Waals surface area contributed by atoms with Crippen LogP contribution < -0.4 is 9.47 Å². The van der Waals surface area contributed by atoms with Gasteiger partial charge in [0, 0.05) is 19.3 Å². The summed E-state index contributed by atoms with van der Waals surface area (Å²) in [5, 5.41) is 0. The molecule has 0 N–H and O–H groups in total. The van der Waals surface area contributed by atoms with Crippen LogP contribution in [0, 0.1) is 5.92 Å². The summed E-state index contributed by atoms with van der Waals surface area (Å²) < 4.78 is 34.1. The molecule has 3 rings (SSSR count). The highest BCUT2D eigenvalue weighted by Gasteiger charge is 2.27. The fourth-order valence-corrected chi connectivity index (χ4v) is 4.28. The summed E-state index contributed by atoms with van der Waals surface area (Å²) in [7, 11) is -1.23. The third-order valence-electron chi connectivity index (χ3n) is 4.36. The normalized spacial score (nSPS) is 22.3. The molecule has 2 aliphatic rings. The number of hydrogen-bond donors (Lipinski definition) is 0. The molecule has 0 aromatic heterocycles. The zero-order valence-electron chi connectivity index (χ0n) is 13.8. The Labute approximate surface area is 138 Å². The molecule has 23 heavy (non-hydrogen) atoms. The minimum atomic E-state index is -2.89. The lowest BCUT2D eigenvalue weighted by Gasteiger charge is -2.17. The van der Waals surface area contributed by atoms with E-state index in [0.29, 0.717) is 11.9 Å². The van der Waals surface area contributed by atoms with Crippen LogP contribution in [0.2, 0.25) is 0 Å². The maximum absolute atomic E-state index is 11.4. The van der Waals surface area contributed by atoms with Crippen molar-refractivity contribution in [2.24, 2.45) is 5.92 Å². The van der Waals surface area contributed by atoms with E-state index in [2.05, 4.69) is 17.0 Å². The molecule has 5 nitrogen and oxygen atoms in total. The molecular weight excluding hydrogens is 314 g/mol. The quantitative estimate of drug-likeness (QED) is 0.761. The van der Waals surface area contributed by atoms with Crippen molar-refractivity contribution < 1.29 is 17.9 Å². The molecule has 1 aromatic rings. The number of sulfone groups is 1. The Balaban J connectivity index is 1.61. The average Bonchev–Trinajstić information content (AvgIpc) is 3.18. The lowest BCUT2D eigenvalue weighted by molar-refractivity contribution is 0.280. The van der Waals surface area contributed by atoms with Crippen molar-refractivity contribution in [2.75, 3.05) is 32.2 Å². The zero-order chi connectivity index (χ0) is 16.4. The lowest BCUT2D eigenvalue weighted by atomic mass is 10.1. The SMILES string of the molecule is COc1ccc(CN2CCC(CS(C)(=O)=O)C2)cc1OC1CC1. The minimum Gasteiger partial charge on any atom is -0.493 e. The van der Waals surface area contributed by atoms with E-state index in [0.717, 1.165) is 50.4 Å². The van der Waals surface area contributed by atoms with Crippen LogP contribution in [0.1, 0.15) is 24.8 Å². The van der Waals surface area contributed by atoms with Gasteiger partial charge in [0.05, 0.1) is 19.0 Å². The van der Waals surface area contributed by atoms with Gasteiger partial charge in [-0.3, -0.25) is 4.90 Å². The molecule has 0 spiro atoms. The highest BCUT2D eigenvalue weighted by molar-refractivity contribution is 7.90. The Morgan fingerprint density at radius 1 is 1.22 bits per heavy atom. The molecule has 6 heteroatoms. The third-order valence-corrected chi connectivity index (χ3v) is 5.44.